The summed E-state index contributed by atoms with van der Waals surface area (Å²) >= 11 is 0. The number of nitrogens with zero attached hydrogens (tertiary/aromatic N) is 4. The van der Waals surface area contributed by atoms with Crippen molar-refractivity contribution in [2.24, 2.45) is 12.0 Å². The lowest BCUT2D eigenvalue weighted by Gasteiger charge is -2.16. The van der Waals surface area contributed by atoms with E-state index in [0.717, 1.165) is 24.2 Å². The predicted molar refractivity (Wildman–Crippen MR) is 91.4 cm³/mol. The van der Waals surface area contributed by atoms with E-state index in [9.17, 15) is 0 Å². The summed E-state index contributed by atoms with van der Waals surface area (Å²) in [4.78, 5) is 4.59. The molecule has 0 aliphatic heterocycles. The Hall–Kier alpha value is -0.860. The summed E-state index contributed by atoms with van der Waals surface area (Å²) in [5.41, 5.74) is 0. The van der Waals surface area contributed by atoms with Gasteiger partial charge in [-0.1, -0.05) is 12.8 Å². The van der Waals surface area contributed by atoms with Gasteiger partial charge in [0.15, 0.2) is 11.8 Å². The number of aryl methyl sites for hydroxylation is 1. The number of guanidine groups is 1. The van der Waals surface area contributed by atoms with Crippen LogP contribution in [0.15, 0.2) is 4.99 Å². The summed E-state index contributed by atoms with van der Waals surface area (Å²) < 4.78 is 1.97. The molecule has 1 fully saturated rings. The molecule has 20 heavy (non-hydrogen) atoms. The summed E-state index contributed by atoms with van der Waals surface area (Å²) in [7, 11) is 1.97. The number of hydrogen-bond donors (Lipinski definition) is 2. The number of halogens is 1. The molecule has 1 aliphatic carbocycles. The van der Waals surface area contributed by atoms with Crippen LogP contribution in [0.3, 0.4) is 0 Å². The molecular weight excluding hydrogens is 367 g/mol. The first-order chi connectivity index (χ1) is 9.20. The summed E-state index contributed by atoms with van der Waals surface area (Å²) in [5.74, 6) is 2.69. The highest BCUT2D eigenvalue weighted by Gasteiger charge is 2.16. The Kier molecular flexibility index (Phi) is 7.25. The second-order valence-corrected chi connectivity index (χ2v) is 5.04. The average Bonchev–Trinajstić information content (AvgIpc) is 3.00. The number of rotatable bonds is 4. The third kappa shape index (κ3) is 4.60. The zero-order valence-electron chi connectivity index (χ0n) is 12.5. The van der Waals surface area contributed by atoms with E-state index in [4.69, 9.17) is 0 Å². The van der Waals surface area contributed by atoms with Crippen molar-refractivity contribution >= 4 is 29.9 Å². The maximum absolute atomic E-state index is 4.59. The molecule has 2 rings (SSSR count). The molecule has 0 spiro atoms. The fourth-order valence-corrected chi connectivity index (χ4v) is 2.32. The SMILES string of the molecule is CCNC(=NCc1nnc(C)n1C)NC1CCCC1.I. The Morgan fingerprint density at radius 2 is 2.05 bits per heavy atom. The third-order valence-corrected chi connectivity index (χ3v) is 3.60. The molecule has 0 aromatic carbocycles. The molecule has 1 aliphatic rings. The van der Waals surface area contributed by atoms with Crippen LogP contribution in [0, 0.1) is 6.92 Å². The highest BCUT2D eigenvalue weighted by Crippen LogP contribution is 2.17. The van der Waals surface area contributed by atoms with Crippen molar-refractivity contribution in [1.82, 2.24) is 25.4 Å². The molecule has 7 heteroatoms. The van der Waals surface area contributed by atoms with E-state index in [-0.39, 0.29) is 24.0 Å². The fraction of sp³-hybridized carbons (Fsp3) is 0.769. The molecule has 114 valence electrons. The second-order valence-electron chi connectivity index (χ2n) is 5.04. The molecule has 0 saturated heterocycles. The molecule has 0 amide bonds. The second kappa shape index (κ2) is 8.43. The van der Waals surface area contributed by atoms with Gasteiger partial charge in [0.25, 0.3) is 0 Å². The summed E-state index contributed by atoms with van der Waals surface area (Å²) in [5, 5.41) is 15.0. The highest BCUT2D eigenvalue weighted by atomic mass is 127. The quantitative estimate of drug-likeness (QED) is 0.466. The van der Waals surface area contributed by atoms with Crippen molar-refractivity contribution in [3.05, 3.63) is 11.6 Å². The van der Waals surface area contributed by atoms with Gasteiger partial charge in [-0.2, -0.15) is 0 Å². The van der Waals surface area contributed by atoms with Crippen molar-refractivity contribution in [1.29, 1.82) is 0 Å². The monoisotopic (exact) mass is 392 g/mol. The van der Waals surface area contributed by atoms with Gasteiger partial charge in [0.1, 0.15) is 12.4 Å². The van der Waals surface area contributed by atoms with Crippen molar-refractivity contribution in [2.75, 3.05) is 6.54 Å². The van der Waals surface area contributed by atoms with Crippen molar-refractivity contribution in [2.45, 2.75) is 52.1 Å². The van der Waals surface area contributed by atoms with Gasteiger partial charge in [0.2, 0.25) is 0 Å². The van der Waals surface area contributed by atoms with E-state index in [2.05, 4.69) is 32.7 Å². The largest absolute Gasteiger partial charge is 0.357 e. The Morgan fingerprint density at radius 1 is 1.35 bits per heavy atom. The van der Waals surface area contributed by atoms with Gasteiger partial charge in [-0.15, -0.1) is 34.2 Å². The van der Waals surface area contributed by atoms with Crippen LogP contribution in [0.2, 0.25) is 0 Å². The average molecular weight is 392 g/mol. The smallest absolute Gasteiger partial charge is 0.191 e. The van der Waals surface area contributed by atoms with Crippen molar-refractivity contribution < 1.29 is 0 Å². The van der Waals surface area contributed by atoms with Gasteiger partial charge in [0.05, 0.1) is 0 Å². The van der Waals surface area contributed by atoms with Gasteiger partial charge in [-0.05, 0) is 26.7 Å². The van der Waals surface area contributed by atoms with Crippen LogP contribution < -0.4 is 10.6 Å². The van der Waals surface area contributed by atoms with E-state index >= 15 is 0 Å². The molecule has 0 radical (unpaired) electrons. The molecule has 2 N–H and O–H groups in total. The molecule has 1 saturated carbocycles. The van der Waals surface area contributed by atoms with Crippen LogP contribution in [0.1, 0.15) is 44.3 Å². The molecule has 0 bridgehead atoms. The summed E-state index contributed by atoms with van der Waals surface area (Å²) in [6.45, 7) is 5.45. The van der Waals surface area contributed by atoms with Gasteiger partial charge in [-0.3, -0.25) is 0 Å². The first kappa shape index (κ1) is 17.2. The lowest BCUT2D eigenvalue weighted by atomic mass is 10.2. The molecular formula is C13H25IN6. The van der Waals surface area contributed by atoms with Crippen LogP contribution in [0.25, 0.3) is 0 Å². The van der Waals surface area contributed by atoms with E-state index in [1.807, 2.05) is 18.5 Å². The summed E-state index contributed by atoms with van der Waals surface area (Å²) in [6, 6.07) is 0.569. The zero-order valence-corrected chi connectivity index (χ0v) is 14.8. The minimum Gasteiger partial charge on any atom is -0.357 e. The van der Waals surface area contributed by atoms with Crippen LogP contribution in [0.5, 0.6) is 0 Å². The van der Waals surface area contributed by atoms with Crippen LogP contribution in [0.4, 0.5) is 0 Å². The lowest BCUT2D eigenvalue weighted by molar-refractivity contribution is 0.612. The molecule has 1 heterocycles. The predicted octanol–water partition coefficient (Wildman–Crippen LogP) is 1.74. The fourth-order valence-electron chi connectivity index (χ4n) is 2.32. The van der Waals surface area contributed by atoms with E-state index in [1.54, 1.807) is 0 Å². The zero-order chi connectivity index (χ0) is 13.7. The number of aliphatic imine (C=N–C) groups is 1. The van der Waals surface area contributed by atoms with Gasteiger partial charge in [-0.25, -0.2) is 4.99 Å². The Balaban J connectivity index is 0.00000200. The first-order valence-corrected chi connectivity index (χ1v) is 7.10. The Morgan fingerprint density at radius 3 is 2.60 bits per heavy atom. The highest BCUT2D eigenvalue weighted by molar-refractivity contribution is 14.0. The maximum atomic E-state index is 4.59. The number of nitrogens with one attached hydrogen (secondary N) is 2. The molecule has 0 unspecified atom stereocenters. The Labute approximate surface area is 137 Å². The van der Waals surface area contributed by atoms with E-state index in [0.29, 0.717) is 12.6 Å². The minimum atomic E-state index is 0. The third-order valence-electron chi connectivity index (χ3n) is 3.60. The first-order valence-electron chi connectivity index (χ1n) is 7.10. The van der Waals surface area contributed by atoms with Crippen LogP contribution >= 0.6 is 24.0 Å². The van der Waals surface area contributed by atoms with E-state index < -0.39 is 0 Å². The molecule has 1 aromatic heterocycles. The van der Waals surface area contributed by atoms with Gasteiger partial charge >= 0.3 is 0 Å². The minimum absolute atomic E-state index is 0. The normalized spacial score (nSPS) is 16.1. The number of hydrogen-bond acceptors (Lipinski definition) is 3. The van der Waals surface area contributed by atoms with Gasteiger partial charge < -0.3 is 15.2 Å². The lowest BCUT2D eigenvalue weighted by Crippen LogP contribution is -2.42. The Bertz CT molecular complexity index is 436. The van der Waals surface area contributed by atoms with Crippen LogP contribution in [-0.2, 0) is 13.6 Å². The maximum Gasteiger partial charge on any atom is 0.191 e. The topological polar surface area (TPSA) is 67.1 Å². The number of aromatic nitrogens is 3. The van der Waals surface area contributed by atoms with Gasteiger partial charge in [0, 0.05) is 19.6 Å². The standard InChI is InChI=1S/C13H24N6.HI/c1-4-14-13(16-11-7-5-6-8-11)15-9-12-18-17-10(2)19(12)3;/h11H,4-9H2,1-3H3,(H2,14,15,16);1H. The molecule has 1 aromatic rings. The van der Waals surface area contributed by atoms with Crippen molar-refractivity contribution in [3.63, 3.8) is 0 Å². The summed E-state index contributed by atoms with van der Waals surface area (Å²) in [6.07, 6.45) is 5.13. The van der Waals surface area contributed by atoms with Crippen LogP contribution in [-0.4, -0.2) is 33.3 Å². The molecule has 6 nitrogen and oxygen atoms in total. The van der Waals surface area contributed by atoms with E-state index in [1.165, 1.54) is 25.7 Å². The molecule has 0 atom stereocenters. The van der Waals surface area contributed by atoms with Crippen molar-refractivity contribution in [3.8, 4) is 0 Å².